The molecule has 2 aliphatic heterocycles. The molecule has 2 saturated heterocycles. The summed E-state index contributed by atoms with van der Waals surface area (Å²) in [7, 11) is 1.74. The number of nitrogens with zero attached hydrogens (tertiary/aromatic N) is 1. The first kappa shape index (κ1) is 13.9. The van der Waals surface area contributed by atoms with Crippen molar-refractivity contribution in [3.05, 3.63) is 0 Å². The van der Waals surface area contributed by atoms with Crippen LogP contribution in [0.15, 0.2) is 0 Å². The number of rotatable bonds is 3. The number of ether oxygens (including phenoxy) is 3. The Kier molecular flexibility index (Phi) is 6.28. The van der Waals surface area contributed by atoms with Crippen LogP contribution >= 0.6 is 0 Å². The molecule has 0 aromatic heterocycles. The van der Waals surface area contributed by atoms with Crippen molar-refractivity contribution in [1.82, 2.24) is 4.90 Å². The van der Waals surface area contributed by atoms with Crippen LogP contribution in [-0.2, 0) is 14.2 Å². The van der Waals surface area contributed by atoms with E-state index in [0.717, 1.165) is 52.3 Å². The second kappa shape index (κ2) is 7.22. The summed E-state index contributed by atoms with van der Waals surface area (Å²) in [4.78, 5) is 2.40. The van der Waals surface area contributed by atoms with E-state index in [1.807, 2.05) is 13.8 Å². The molecule has 0 amide bonds. The second-order valence-electron chi connectivity index (χ2n) is 3.94. The van der Waals surface area contributed by atoms with Crippen molar-refractivity contribution in [3.8, 4) is 0 Å². The quantitative estimate of drug-likeness (QED) is 0.736. The van der Waals surface area contributed by atoms with Gasteiger partial charge >= 0.3 is 0 Å². The van der Waals surface area contributed by atoms with Crippen molar-refractivity contribution < 1.29 is 14.2 Å². The predicted molar refractivity (Wildman–Crippen MR) is 63.5 cm³/mol. The monoisotopic (exact) mass is 231 g/mol. The number of piperidine rings is 1. The van der Waals surface area contributed by atoms with Crippen LogP contribution in [0.4, 0.5) is 0 Å². The summed E-state index contributed by atoms with van der Waals surface area (Å²) in [6.45, 7) is 9.48. The van der Waals surface area contributed by atoms with E-state index in [1.165, 1.54) is 0 Å². The van der Waals surface area contributed by atoms with Gasteiger partial charge in [0.2, 0.25) is 0 Å². The van der Waals surface area contributed by atoms with Crippen molar-refractivity contribution >= 4 is 0 Å². The van der Waals surface area contributed by atoms with E-state index in [9.17, 15) is 0 Å². The molecule has 0 saturated carbocycles. The highest BCUT2D eigenvalue weighted by Crippen LogP contribution is 2.30. The third-order valence-electron chi connectivity index (χ3n) is 3.04. The molecule has 2 fully saturated rings. The van der Waals surface area contributed by atoms with Crippen molar-refractivity contribution in [2.45, 2.75) is 32.5 Å². The molecule has 0 aliphatic carbocycles. The van der Waals surface area contributed by atoms with Gasteiger partial charge in [0.05, 0.1) is 19.8 Å². The average Bonchev–Trinajstić information content (AvgIpc) is 2.80. The summed E-state index contributed by atoms with van der Waals surface area (Å²) in [5.41, 5.74) is 0. The second-order valence-corrected chi connectivity index (χ2v) is 3.94. The Morgan fingerprint density at radius 1 is 1.12 bits per heavy atom. The van der Waals surface area contributed by atoms with Crippen LogP contribution in [0, 0.1) is 0 Å². The highest BCUT2D eigenvalue weighted by Gasteiger charge is 2.39. The van der Waals surface area contributed by atoms with E-state index in [4.69, 9.17) is 14.2 Å². The largest absolute Gasteiger partial charge is 0.383 e. The molecule has 0 radical (unpaired) electrons. The molecule has 96 valence electrons. The molecule has 4 nitrogen and oxygen atoms in total. The van der Waals surface area contributed by atoms with Crippen molar-refractivity contribution in [3.63, 3.8) is 0 Å². The molecular weight excluding hydrogens is 206 g/mol. The summed E-state index contributed by atoms with van der Waals surface area (Å²) >= 11 is 0. The van der Waals surface area contributed by atoms with Gasteiger partial charge in [-0.1, -0.05) is 13.8 Å². The number of hydrogen-bond acceptors (Lipinski definition) is 4. The molecular formula is C12H25NO3. The fourth-order valence-electron chi connectivity index (χ4n) is 2.12. The Hall–Kier alpha value is -0.160. The van der Waals surface area contributed by atoms with Gasteiger partial charge in [-0.2, -0.15) is 0 Å². The zero-order valence-electron chi connectivity index (χ0n) is 10.8. The van der Waals surface area contributed by atoms with E-state index in [0.29, 0.717) is 0 Å². The van der Waals surface area contributed by atoms with Gasteiger partial charge in [0, 0.05) is 39.6 Å². The van der Waals surface area contributed by atoms with Crippen LogP contribution in [0.2, 0.25) is 0 Å². The van der Waals surface area contributed by atoms with Crippen LogP contribution in [-0.4, -0.2) is 57.3 Å². The third-order valence-corrected chi connectivity index (χ3v) is 3.04. The molecule has 2 aliphatic rings. The lowest BCUT2D eigenvalue weighted by molar-refractivity contribution is -0.185. The molecule has 0 aromatic rings. The minimum absolute atomic E-state index is 0.233. The smallest absolute Gasteiger partial charge is 0.170 e. The summed E-state index contributed by atoms with van der Waals surface area (Å²) in [6, 6.07) is 0. The highest BCUT2D eigenvalue weighted by molar-refractivity contribution is 4.82. The predicted octanol–water partition coefficient (Wildman–Crippen LogP) is 1.50. The van der Waals surface area contributed by atoms with Gasteiger partial charge < -0.3 is 19.1 Å². The summed E-state index contributed by atoms with van der Waals surface area (Å²) in [5, 5.41) is 0. The number of methoxy groups -OCH3 is 1. The third kappa shape index (κ3) is 3.70. The molecule has 1 spiro atoms. The first-order chi connectivity index (χ1) is 7.85. The highest BCUT2D eigenvalue weighted by atomic mass is 16.7. The fourth-order valence-corrected chi connectivity index (χ4v) is 2.12. The van der Waals surface area contributed by atoms with Crippen molar-refractivity contribution in [1.29, 1.82) is 0 Å². The van der Waals surface area contributed by atoms with Gasteiger partial charge in [-0.3, -0.25) is 0 Å². The van der Waals surface area contributed by atoms with Crippen molar-refractivity contribution in [2.24, 2.45) is 0 Å². The normalized spacial score (nSPS) is 24.2. The standard InChI is InChI=1S/C10H19NO3.C2H6/c1-12-7-6-11-4-2-10(3-5-11)13-8-9-14-10;1-2/h2-9H2,1H3;1-2H3. The van der Waals surface area contributed by atoms with Gasteiger partial charge in [0.1, 0.15) is 0 Å². The van der Waals surface area contributed by atoms with E-state index in [2.05, 4.69) is 4.90 Å². The summed E-state index contributed by atoms with van der Waals surface area (Å²) < 4.78 is 16.4. The van der Waals surface area contributed by atoms with Crippen LogP contribution in [0.1, 0.15) is 26.7 Å². The Labute approximate surface area is 98.8 Å². The molecule has 0 unspecified atom stereocenters. The zero-order valence-corrected chi connectivity index (χ0v) is 10.8. The van der Waals surface area contributed by atoms with E-state index < -0.39 is 0 Å². The Morgan fingerprint density at radius 3 is 2.19 bits per heavy atom. The van der Waals surface area contributed by atoms with E-state index >= 15 is 0 Å². The number of likely N-dealkylation sites (tertiary alicyclic amines) is 1. The van der Waals surface area contributed by atoms with Gasteiger partial charge in [-0.05, 0) is 0 Å². The minimum atomic E-state index is -0.233. The number of hydrogen-bond donors (Lipinski definition) is 0. The van der Waals surface area contributed by atoms with Crippen molar-refractivity contribution in [2.75, 3.05) is 46.6 Å². The zero-order chi connectivity index (χ0) is 11.9. The lowest BCUT2D eigenvalue weighted by atomic mass is 10.0. The molecule has 0 N–H and O–H groups in total. The van der Waals surface area contributed by atoms with E-state index in [-0.39, 0.29) is 5.79 Å². The Bertz CT molecular complexity index is 171. The summed E-state index contributed by atoms with van der Waals surface area (Å²) in [6.07, 6.45) is 1.99. The van der Waals surface area contributed by atoms with Gasteiger partial charge in [-0.25, -0.2) is 0 Å². The topological polar surface area (TPSA) is 30.9 Å². The molecule has 0 bridgehead atoms. The first-order valence-electron chi connectivity index (χ1n) is 6.34. The molecule has 16 heavy (non-hydrogen) atoms. The SMILES string of the molecule is CC.COCCN1CCC2(CC1)OCCO2. The van der Waals surface area contributed by atoms with Crippen LogP contribution in [0.25, 0.3) is 0 Å². The molecule has 2 heterocycles. The van der Waals surface area contributed by atoms with Crippen LogP contribution < -0.4 is 0 Å². The van der Waals surface area contributed by atoms with Gasteiger partial charge in [0.15, 0.2) is 5.79 Å². The van der Waals surface area contributed by atoms with Crippen LogP contribution in [0.3, 0.4) is 0 Å². The lowest BCUT2D eigenvalue weighted by Gasteiger charge is -2.37. The molecule has 0 aromatic carbocycles. The maximum atomic E-state index is 5.65. The molecule has 0 atom stereocenters. The first-order valence-corrected chi connectivity index (χ1v) is 6.34. The molecule has 2 rings (SSSR count). The lowest BCUT2D eigenvalue weighted by Crippen LogP contribution is -2.45. The maximum Gasteiger partial charge on any atom is 0.170 e. The fraction of sp³-hybridized carbons (Fsp3) is 1.00. The minimum Gasteiger partial charge on any atom is -0.383 e. The van der Waals surface area contributed by atoms with Gasteiger partial charge in [0.25, 0.3) is 0 Å². The van der Waals surface area contributed by atoms with Crippen LogP contribution in [0.5, 0.6) is 0 Å². The van der Waals surface area contributed by atoms with E-state index in [1.54, 1.807) is 7.11 Å². The Morgan fingerprint density at radius 2 is 1.69 bits per heavy atom. The maximum absolute atomic E-state index is 5.65. The Balaban J connectivity index is 0.000000606. The summed E-state index contributed by atoms with van der Waals surface area (Å²) in [5.74, 6) is -0.233. The average molecular weight is 231 g/mol. The van der Waals surface area contributed by atoms with Gasteiger partial charge in [-0.15, -0.1) is 0 Å². The molecule has 4 heteroatoms.